The summed E-state index contributed by atoms with van der Waals surface area (Å²) in [6, 6.07) is 0. The van der Waals surface area contributed by atoms with Crippen molar-refractivity contribution in [1.82, 2.24) is 0 Å². The standard InChI is InChI=1S/C2H6O2.CNO/c3-1-2-4;2-1-3/h3-4H,1-2H2;/q;-1. The predicted molar refractivity (Wildman–Crippen MR) is 23.2 cm³/mol. The zero-order valence-electron chi connectivity index (χ0n) is 3.66. The van der Waals surface area contributed by atoms with Gasteiger partial charge in [0.25, 0.3) is 0 Å². The van der Waals surface area contributed by atoms with Crippen molar-refractivity contribution in [3.8, 4) is 0 Å². The lowest BCUT2D eigenvalue weighted by molar-refractivity contribution is 0.186. The van der Waals surface area contributed by atoms with Gasteiger partial charge in [-0.05, 0) is 6.08 Å². The van der Waals surface area contributed by atoms with E-state index >= 15 is 0 Å². The zero-order chi connectivity index (χ0) is 6.12. The van der Waals surface area contributed by atoms with Crippen molar-refractivity contribution < 1.29 is 15.0 Å². The normalized spacial score (nSPS) is 5.43. The molecule has 0 saturated heterocycles. The maximum atomic E-state index is 8.24. The fraction of sp³-hybridized carbons (Fsp3) is 0.667. The predicted octanol–water partition coefficient (Wildman–Crippen LogP) is -1.14. The van der Waals surface area contributed by atoms with E-state index < -0.39 is 0 Å². The van der Waals surface area contributed by atoms with Crippen LogP contribution in [0.15, 0.2) is 0 Å². The quantitative estimate of drug-likeness (QED) is 0.326. The molecular weight excluding hydrogens is 98.0 g/mol. The topological polar surface area (TPSA) is 79.8 Å². The van der Waals surface area contributed by atoms with Crippen LogP contribution in [0.4, 0.5) is 0 Å². The highest BCUT2D eigenvalue weighted by molar-refractivity contribution is 5.36. The molecule has 0 aliphatic rings. The molecule has 0 aromatic carbocycles. The molecule has 4 heteroatoms. The summed E-state index contributed by atoms with van der Waals surface area (Å²) in [5.41, 5.74) is 0. The lowest BCUT2D eigenvalue weighted by Crippen LogP contribution is -1.85. The van der Waals surface area contributed by atoms with E-state index in [1.165, 1.54) is 0 Å². The third kappa shape index (κ3) is 641. The summed E-state index contributed by atoms with van der Waals surface area (Å²) in [6.07, 6.45) is 0.500. The van der Waals surface area contributed by atoms with Gasteiger partial charge in [-0.25, -0.2) is 0 Å². The van der Waals surface area contributed by atoms with Crippen molar-refractivity contribution in [1.29, 1.82) is 0 Å². The molecule has 7 heavy (non-hydrogen) atoms. The molecule has 0 amide bonds. The molecule has 0 aromatic heterocycles. The Labute approximate surface area is 40.9 Å². The van der Waals surface area contributed by atoms with Gasteiger partial charge >= 0.3 is 0 Å². The third-order valence-electron chi connectivity index (χ3n) is 0.1000. The van der Waals surface area contributed by atoms with E-state index in [-0.39, 0.29) is 13.2 Å². The van der Waals surface area contributed by atoms with Gasteiger partial charge in [-0.1, -0.05) is 0 Å². The van der Waals surface area contributed by atoms with E-state index in [1.807, 2.05) is 0 Å². The smallest absolute Gasteiger partial charge is 0.0662 e. The summed E-state index contributed by atoms with van der Waals surface area (Å²) in [7, 11) is 0. The third-order valence-corrected chi connectivity index (χ3v) is 0.1000. The van der Waals surface area contributed by atoms with Crippen LogP contribution in [0.25, 0.3) is 5.41 Å². The Morgan fingerprint density at radius 3 is 1.57 bits per heavy atom. The van der Waals surface area contributed by atoms with Crippen LogP contribution in [0.5, 0.6) is 0 Å². The second-order valence-electron chi connectivity index (χ2n) is 0.539. The maximum Gasteiger partial charge on any atom is 0.0662 e. The average molecular weight is 104 g/mol. The van der Waals surface area contributed by atoms with Gasteiger partial charge in [-0.3, -0.25) is 4.79 Å². The number of aliphatic hydroxyl groups is 2. The van der Waals surface area contributed by atoms with Crippen LogP contribution >= 0.6 is 0 Å². The lowest BCUT2D eigenvalue weighted by Gasteiger charge is -1.70. The van der Waals surface area contributed by atoms with Gasteiger partial charge in [-0.15, -0.1) is 0 Å². The first-order valence-corrected chi connectivity index (χ1v) is 1.56. The average Bonchev–Trinajstić information content (AvgIpc) is 1.69. The van der Waals surface area contributed by atoms with Crippen LogP contribution in [0.1, 0.15) is 0 Å². The summed E-state index contributed by atoms with van der Waals surface area (Å²) in [4.78, 5) is 8.24. The van der Waals surface area contributed by atoms with Gasteiger partial charge < -0.3 is 15.6 Å². The lowest BCUT2D eigenvalue weighted by atomic mass is 10.8. The van der Waals surface area contributed by atoms with E-state index in [0.29, 0.717) is 6.08 Å². The van der Waals surface area contributed by atoms with E-state index in [2.05, 4.69) is 0 Å². The molecule has 0 aromatic rings. The largest absolute Gasteiger partial charge is 0.724 e. The molecule has 0 fully saturated rings. The minimum Gasteiger partial charge on any atom is -0.724 e. The summed E-state index contributed by atoms with van der Waals surface area (Å²) >= 11 is 0. The fourth-order valence-electron chi connectivity index (χ4n) is 0. The Morgan fingerprint density at radius 1 is 1.43 bits per heavy atom. The second-order valence-corrected chi connectivity index (χ2v) is 0.539. The Balaban J connectivity index is 0. The van der Waals surface area contributed by atoms with Gasteiger partial charge in [0.2, 0.25) is 0 Å². The number of hydrogen-bond donors (Lipinski definition) is 2. The van der Waals surface area contributed by atoms with Crippen molar-refractivity contribution in [2.45, 2.75) is 0 Å². The highest BCUT2D eigenvalue weighted by atomic mass is 16.3. The molecule has 4 nitrogen and oxygen atoms in total. The first kappa shape index (κ1) is 9.57. The molecule has 0 heterocycles. The molecule has 0 aliphatic carbocycles. The van der Waals surface area contributed by atoms with Crippen molar-refractivity contribution in [3.63, 3.8) is 0 Å². The van der Waals surface area contributed by atoms with Crippen LogP contribution in [0, 0.1) is 0 Å². The summed E-state index contributed by atoms with van der Waals surface area (Å²) in [6.45, 7) is -0.250. The van der Waals surface area contributed by atoms with E-state index in [4.69, 9.17) is 20.4 Å². The van der Waals surface area contributed by atoms with Crippen molar-refractivity contribution >= 4 is 6.08 Å². The minimum atomic E-state index is -0.125. The molecule has 0 bridgehead atoms. The zero-order valence-corrected chi connectivity index (χ0v) is 3.66. The molecule has 0 unspecified atom stereocenters. The van der Waals surface area contributed by atoms with Gasteiger partial charge in [0.1, 0.15) is 0 Å². The van der Waals surface area contributed by atoms with E-state index in [0.717, 1.165) is 0 Å². The first-order chi connectivity index (χ1) is 3.33. The maximum absolute atomic E-state index is 8.24. The number of nitrogens with zero attached hydrogens (tertiary/aromatic N) is 1. The minimum absolute atomic E-state index is 0.125. The van der Waals surface area contributed by atoms with Crippen LogP contribution in [-0.2, 0) is 4.79 Å². The molecule has 0 radical (unpaired) electrons. The number of hydrogen-bond acceptors (Lipinski definition) is 3. The van der Waals surface area contributed by atoms with Crippen LogP contribution in [-0.4, -0.2) is 29.5 Å². The fourth-order valence-corrected chi connectivity index (χ4v) is 0. The Hall–Kier alpha value is -0.700. The first-order valence-electron chi connectivity index (χ1n) is 1.56. The van der Waals surface area contributed by atoms with Gasteiger partial charge in [0.05, 0.1) is 13.2 Å². The summed E-state index contributed by atoms with van der Waals surface area (Å²) in [5, 5.41) is 22.0. The monoisotopic (exact) mass is 104 g/mol. The highest BCUT2D eigenvalue weighted by Gasteiger charge is 1.58. The number of rotatable bonds is 1. The molecule has 42 valence electrons. The molecule has 2 N–H and O–H groups in total. The SMILES string of the molecule is OCCO.[N-]=C=O. The molecule has 0 rings (SSSR count). The molecule has 0 saturated carbocycles. The van der Waals surface area contributed by atoms with Crippen LogP contribution in [0.3, 0.4) is 0 Å². The number of aliphatic hydroxyl groups excluding tert-OH is 2. The van der Waals surface area contributed by atoms with Crippen molar-refractivity contribution in [2.24, 2.45) is 0 Å². The molecule has 0 atom stereocenters. The van der Waals surface area contributed by atoms with E-state index in [9.17, 15) is 0 Å². The van der Waals surface area contributed by atoms with Gasteiger partial charge in [0.15, 0.2) is 0 Å². The van der Waals surface area contributed by atoms with Crippen molar-refractivity contribution in [2.75, 3.05) is 13.2 Å². The molecular formula is C3H6NO3-. The number of isocyanates is 1. The van der Waals surface area contributed by atoms with Crippen LogP contribution in [0.2, 0.25) is 0 Å². The van der Waals surface area contributed by atoms with E-state index in [1.54, 1.807) is 0 Å². The highest BCUT2D eigenvalue weighted by Crippen LogP contribution is 1.39. The molecule has 0 spiro atoms. The van der Waals surface area contributed by atoms with Gasteiger partial charge in [0, 0.05) is 0 Å². The Morgan fingerprint density at radius 2 is 1.57 bits per heavy atom. The van der Waals surface area contributed by atoms with Gasteiger partial charge in [-0.2, -0.15) is 0 Å². The second kappa shape index (κ2) is 18.5. The number of carbonyl (C=O) groups excluding carboxylic acids is 1. The molecule has 0 aliphatic heterocycles. The summed E-state index contributed by atoms with van der Waals surface area (Å²) in [5.74, 6) is 0. The Bertz CT molecular complexity index is 46.1. The summed E-state index contributed by atoms with van der Waals surface area (Å²) < 4.78 is 0. The Kier molecular flexibility index (Phi) is 25.3. The van der Waals surface area contributed by atoms with Crippen molar-refractivity contribution in [3.05, 3.63) is 5.41 Å². The van der Waals surface area contributed by atoms with Crippen LogP contribution < -0.4 is 0 Å².